The first-order valence-corrected chi connectivity index (χ1v) is 6.59. The normalized spacial score (nSPS) is 10.0. The van der Waals surface area contributed by atoms with E-state index in [-0.39, 0.29) is 11.9 Å². The summed E-state index contributed by atoms with van der Waals surface area (Å²) in [5.74, 6) is 0.366. The van der Waals surface area contributed by atoms with Crippen LogP contribution in [0.15, 0.2) is 28.7 Å². The molecule has 19 heavy (non-hydrogen) atoms. The van der Waals surface area contributed by atoms with E-state index in [0.29, 0.717) is 21.6 Å². The van der Waals surface area contributed by atoms with Gasteiger partial charge < -0.3 is 4.74 Å². The minimum atomic E-state index is 0.129. The molecule has 2 aromatic rings. The molecule has 96 valence electrons. The highest BCUT2D eigenvalue weighted by atomic mass is 79.9. The van der Waals surface area contributed by atoms with Crippen molar-refractivity contribution < 1.29 is 4.74 Å². The van der Waals surface area contributed by atoms with Crippen molar-refractivity contribution >= 4 is 27.5 Å². The van der Waals surface area contributed by atoms with Crippen LogP contribution in [0.3, 0.4) is 0 Å². The Morgan fingerprint density at radius 1 is 1.37 bits per heavy atom. The maximum Gasteiger partial charge on any atom is 0.233 e. The number of aromatic nitrogens is 2. The van der Waals surface area contributed by atoms with Crippen LogP contribution in [0.4, 0.5) is 0 Å². The van der Waals surface area contributed by atoms with Crippen LogP contribution in [0.1, 0.15) is 16.8 Å². The Morgan fingerprint density at radius 2 is 2.11 bits per heavy atom. The van der Waals surface area contributed by atoms with Crippen LogP contribution in [0.2, 0.25) is 5.28 Å². The highest BCUT2D eigenvalue weighted by Crippen LogP contribution is 2.27. The van der Waals surface area contributed by atoms with Gasteiger partial charge in [0, 0.05) is 5.56 Å². The number of nitrogens with zero attached hydrogens (tertiary/aromatic N) is 3. The summed E-state index contributed by atoms with van der Waals surface area (Å²) < 4.78 is 6.25. The fourth-order valence-corrected chi connectivity index (χ4v) is 1.99. The topological polar surface area (TPSA) is 58.8 Å². The summed E-state index contributed by atoms with van der Waals surface area (Å²) in [4.78, 5) is 8.00. The molecule has 0 saturated heterocycles. The summed E-state index contributed by atoms with van der Waals surface area (Å²) in [7, 11) is 0. The Labute approximate surface area is 124 Å². The molecule has 4 nitrogen and oxygen atoms in total. The number of hydrogen-bond donors (Lipinski definition) is 0. The molecule has 0 bridgehead atoms. The average molecular weight is 339 g/mol. The van der Waals surface area contributed by atoms with E-state index in [2.05, 4.69) is 32.0 Å². The number of hydrogen-bond acceptors (Lipinski definition) is 4. The molecule has 0 aliphatic rings. The second-order valence-corrected chi connectivity index (χ2v) is 4.89. The molecule has 0 aliphatic carbocycles. The maximum atomic E-state index is 9.00. The van der Waals surface area contributed by atoms with Crippen LogP contribution in [0, 0.1) is 18.3 Å². The van der Waals surface area contributed by atoms with Gasteiger partial charge in [-0.1, -0.05) is 18.2 Å². The molecule has 0 aliphatic heterocycles. The fraction of sp³-hybridized carbons (Fsp3) is 0.154. The van der Waals surface area contributed by atoms with Crippen molar-refractivity contribution in [3.8, 4) is 11.9 Å². The lowest BCUT2D eigenvalue weighted by Crippen LogP contribution is -2.02. The zero-order chi connectivity index (χ0) is 13.8. The first-order chi connectivity index (χ1) is 9.11. The Hall–Kier alpha value is -1.64. The van der Waals surface area contributed by atoms with Crippen LogP contribution in [-0.2, 0) is 6.61 Å². The summed E-state index contributed by atoms with van der Waals surface area (Å²) in [6.07, 6.45) is 0. The predicted molar refractivity (Wildman–Crippen MR) is 75.0 cm³/mol. The minimum absolute atomic E-state index is 0.129. The molecular weight excluding hydrogens is 330 g/mol. The summed E-state index contributed by atoms with van der Waals surface area (Å²) >= 11 is 9.14. The van der Waals surface area contributed by atoms with Crippen molar-refractivity contribution in [3.05, 3.63) is 50.8 Å². The Balaban J connectivity index is 2.22. The molecule has 1 aromatic carbocycles. The van der Waals surface area contributed by atoms with E-state index in [1.807, 2.05) is 18.2 Å². The van der Waals surface area contributed by atoms with Crippen molar-refractivity contribution in [3.63, 3.8) is 0 Å². The van der Waals surface area contributed by atoms with E-state index in [1.165, 1.54) is 0 Å². The molecule has 1 heterocycles. The van der Waals surface area contributed by atoms with Crippen LogP contribution < -0.4 is 4.74 Å². The third-order valence-electron chi connectivity index (χ3n) is 2.46. The monoisotopic (exact) mass is 337 g/mol. The van der Waals surface area contributed by atoms with Gasteiger partial charge in [-0.2, -0.15) is 10.2 Å². The molecule has 0 radical (unpaired) electrons. The van der Waals surface area contributed by atoms with Gasteiger partial charge in [-0.3, -0.25) is 0 Å². The standard InChI is InChI=1S/C13H9BrClN3O/c1-8-11(14)12(18-13(15)17-8)19-7-10-5-3-2-4-9(10)6-16/h2-5H,7H2,1H3. The van der Waals surface area contributed by atoms with E-state index in [1.54, 1.807) is 13.0 Å². The summed E-state index contributed by atoms with van der Waals surface area (Å²) in [5, 5.41) is 9.13. The van der Waals surface area contributed by atoms with E-state index < -0.39 is 0 Å². The second kappa shape index (κ2) is 6.00. The number of benzene rings is 1. The third kappa shape index (κ3) is 3.22. The zero-order valence-electron chi connectivity index (χ0n) is 10.0. The molecule has 0 fully saturated rings. The van der Waals surface area contributed by atoms with Gasteiger partial charge >= 0.3 is 0 Å². The minimum Gasteiger partial charge on any atom is -0.472 e. The van der Waals surface area contributed by atoms with Crippen molar-refractivity contribution in [1.82, 2.24) is 9.97 Å². The van der Waals surface area contributed by atoms with Crippen molar-refractivity contribution in [1.29, 1.82) is 5.26 Å². The molecule has 0 atom stereocenters. The molecule has 0 unspecified atom stereocenters. The van der Waals surface area contributed by atoms with E-state index in [0.717, 1.165) is 5.56 Å². The van der Waals surface area contributed by atoms with Crippen LogP contribution in [0.5, 0.6) is 5.88 Å². The van der Waals surface area contributed by atoms with Gasteiger partial charge in [-0.25, -0.2) is 4.98 Å². The third-order valence-corrected chi connectivity index (χ3v) is 3.54. The van der Waals surface area contributed by atoms with Gasteiger partial charge in [-0.05, 0) is 40.5 Å². The lowest BCUT2D eigenvalue weighted by molar-refractivity contribution is 0.290. The Kier molecular flexibility index (Phi) is 4.35. The number of ether oxygens (including phenoxy) is 1. The number of rotatable bonds is 3. The molecular formula is C13H9BrClN3O. The molecule has 1 aromatic heterocycles. The second-order valence-electron chi connectivity index (χ2n) is 3.75. The highest BCUT2D eigenvalue weighted by molar-refractivity contribution is 9.10. The van der Waals surface area contributed by atoms with Crippen molar-refractivity contribution in [2.45, 2.75) is 13.5 Å². The smallest absolute Gasteiger partial charge is 0.233 e. The largest absolute Gasteiger partial charge is 0.472 e. The first-order valence-electron chi connectivity index (χ1n) is 5.42. The van der Waals surface area contributed by atoms with Crippen LogP contribution >= 0.6 is 27.5 Å². The number of aryl methyl sites for hydroxylation is 1. The molecule has 0 amide bonds. The fourth-order valence-electron chi connectivity index (χ4n) is 1.50. The quantitative estimate of drug-likeness (QED) is 0.802. The van der Waals surface area contributed by atoms with Gasteiger partial charge in [0.25, 0.3) is 0 Å². The highest BCUT2D eigenvalue weighted by Gasteiger charge is 2.10. The van der Waals surface area contributed by atoms with Crippen molar-refractivity contribution in [2.24, 2.45) is 0 Å². The van der Waals surface area contributed by atoms with Gasteiger partial charge in [-0.15, -0.1) is 0 Å². The maximum absolute atomic E-state index is 9.00. The average Bonchev–Trinajstić information content (AvgIpc) is 2.41. The van der Waals surface area contributed by atoms with E-state index in [9.17, 15) is 0 Å². The molecule has 0 N–H and O–H groups in total. The van der Waals surface area contributed by atoms with E-state index in [4.69, 9.17) is 21.6 Å². The Morgan fingerprint density at radius 3 is 2.84 bits per heavy atom. The van der Waals surface area contributed by atoms with Gasteiger partial charge in [0.2, 0.25) is 11.2 Å². The lowest BCUT2D eigenvalue weighted by atomic mass is 10.1. The molecule has 6 heteroatoms. The van der Waals surface area contributed by atoms with Crippen LogP contribution in [0.25, 0.3) is 0 Å². The van der Waals surface area contributed by atoms with Crippen molar-refractivity contribution in [2.75, 3.05) is 0 Å². The summed E-state index contributed by atoms with van der Waals surface area (Å²) in [6.45, 7) is 2.04. The lowest BCUT2D eigenvalue weighted by Gasteiger charge is -2.09. The molecule has 2 rings (SSSR count). The first kappa shape index (κ1) is 13.8. The number of halogens is 2. The van der Waals surface area contributed by atoms with Gasteiger partial charge in [0.15, 0.2) is 0 Å². The van der Waals surface area contributed by atoms with Gasteiger partial charge in [0.05, 0.1) is 17.3 Å². The van der Waals surface area contributed by atoms with Gasteiger partial charge in [0.1, 0.15) is 11.1 Å². The number of nitriles is 1. The van der Waals surface area contributed by atoms with Crippen LogP contribution in [-0.4, -0.2) is 9.97 Å². The molecule has 0 saturated carbocycles. The summed E-state index contributed by atoms with van der Waals surface area (Å²) in [5.41, 5.74) is 2.07. The summed E-state index contributed by atoms with van der Waals surface area (Å²) in [6, 6.07) is 9.36. The Bertz CT molecular complexity index is 655. The molecule has 0 spiro atoms. The SMILES string of the molecule is Cc1nc(Cl)nc(OCc2ccccc2C#N)c1Br. The van der Waals surface area contributed by atoms with E-state index >= 15 is 0 Å². The zero-order valence-corrected chi connectivity index (χ0v) is 12.4. The predicted octanol–water partition coefficient (Wildman–Crippen LogP) is 3.65.